The van der Waals surface area contributed by atoms with Crippen LogP contribution in [0.5, 0.6) is 23.0 Å². The second-order valence-corrected chi connectivity index (χ2v) is 14.8. The predicted octanol–water partition coefficient (Wildman–Crippen LogP) is 9.71. The van der Waals surface area contributed by atoms with E-state index in [0.717, 1.165) is 66.8 Å². The van der Waals surface area contributed by atoms with Gasteiger partial charge in [-0.3, -0.25) is 9.59 Å². The van der Waals surface area contributed by atoms with Crippen LogP contribution >= 0.6 is 11.3 Å². The number of carbonyl (C=O) groups excluding carboxylic acids is 3. The monoisotopic (exact) mass is 783 g/mol. The van der Waals surface area contributed by atoms with Crippen LogP contribution in [0.3, 0.4) is 0 Å². The van der Waals surface area contributed by atoms with Gasteiger partial charge in [0.15, 0.2) is 0 Å². The Morgan fingerprint density at radius 2 is 1.46 bits per heavy atom. The molecule has 1 aliphatic carbocycles. The summed E-state index contributed by atoms with van der Waals surface area (Å²) in [4.78, 5) is 42.2. The summed E-state index contributed by atoms with van der Waals surface area (Å²) in [5.74, 6) is 0.550. The maximum absolute atomic E-state index is 13.3. The molecule has 0 spiro atoms. The molecule has 0 N–H and O–H groups in total. The van der Waals surface area contributed by atoms with Crippen molar-refractivity contribution in [3.63, 3.8) is 0 Å². The quantitative estimate of drug-likeness (QED) is 0.0190. The van der Waals surface area contributed by atoms with Crippen molar-refractivity contribution in [2.45, 2.75) is 84.0 Å². The molecule has 11 nitrogen and oxygen atoms in total. The molecule has 3 aromatic carbocycles. The highest BCUT2D eigenvalue weighted by Crippen LogP contribution is 2.33. The molecule has 0 aliphatic heterocycles. The summed E-state index contributed by atoms with van der Waals surface area (Å²) in [6.07, 6.45) is 13.0. The Hall–Kier alpha value is -5.23. The first-order valence-electron chi connectivity index (χ1n) is 19.7. The first-order chi connectivity index (χ1) is 27.4. The van der Waals surface area contributed by atoms with E-state index in [9.17, 15) is 14.4 Å². The summed E-state index contributed by atoms with van der Waals surface area (Å²) in [5, 5.41) is 7.60. The van der Waals surface area contributed by atoms with E-state index < -0.39 is 5.97 Å². The number of unbranched alkanes of at least 4 members (excludes halogenated alkanes) is 6. The molecule has 1 fully saturated rings. The van der Waals surface area contributed by atoms with Crippen LogP contribution in [-0.2, 0) is 19.1 Å². The van der Waals surface area contributed by atoms with Crippen LogP contribution < -0.4 is 24.0 Å². The molecule has 1 saturated carbocycles. The number of fused-ring (bicyclic) bond motifs is 1. The van der Waals surface area contributed by atoms with Crippen molar-refractivity contribution >= 4 is 50.8 Å². The summed E-state index contributed by atoms with van der Waals surface area (Å²) in [6.45, 7) is 7.26. The fourth-order valence-electron chi connectivity index (χ4n) is 6.42. The summed E-state index contributed by atoms with van der Waals surface area (Å²) < 4.78 is 29.0. The van der Waals surface area contributed by atoms with Crippen LogP contribution in [0, 0.1) is 11.8 Å². The van der Waals surface area contributed by atoms with Gasteiger partial charge in [-0.2, -0.15) is 5.10 Å². The molecule has 0 saturated heterocycles. The standard InChI is InChI=1S/C44H53N3O8S/c1-4-6-7-12-27-47(44-46-38-15-10-11-16-40(38)56-44)45-31-34-30-37(25-26-39(34)51-3)55-43(50)33-19-17-32(18-20-33)42(49)54-36-23-21-35(22-24-36)52-28-13-8-9-14-29-53-41(48)5-2/h5,10-11,15-16,21-26,30-33H,2,4,6-9,12-14,17-20,27-29H2,1,3H3/b45-31+/t32-,33-. The van der Waals surface area contributed by atoms with E-state index in [1.807, 2.05) is 23.2 Å². The SMILES string of the molecule is C=CC(=O)OCCCCCCOc1ccc(OC(=O)[C@H]2CC[C@H](C(=O)Oc3ccc(OC)c(/C=N/N(CCCCCC)c4nc5ccccc5s4)c3)CC2)cc1. The number of rotatable bonds is 22. The summed E-state index contributed by atoms with van der Waals surface area (Å²) >= 11 is 1.61. The van der Waals surface area contributed by atoms with Gasteiger partial charge in [0.05, 0.1) is 48.6 Å². The van der Waals surface area contributed by atoms with Gasteiger partial charge in [0.1, 0.15) is 23.0 Å². The minimum Gasteiger partial charge on any atom is -0.496 e. The maximum atomic E-state index is 13.3. The molecular weight excluding hydrogens is 731 g/mol. The molecule has 0 unspecified atom stereocenters. The molecular formula is C44H53N3O8S. The van der Waals surface area contributed by atoms with E-state index in [2.05, 4.69) is 19.6 Å². The number of hydrazone groups is 1. The lowest BCUT2D eigenvalue weighted by Gasteiger charge is -2.25. The number of nitrogens with zero attached hydrogens (tertiary/aromatic N) is 3. The van der Waals surface area contributed by atoms with Gasteiger partial charge in [0.2, 0.25) is 5.13 Å². The van der Waals surface area contributed by atoms with Gasteiger partial charge in [-0.25, -0.2) is 14.8 Å². The molecule has 56 heavy (non-hydrogen) atoms. The van der Waals surface area contributed by atoms with E-state index in [1.165, 1.54) is 12.5 Å². The lowest BCUT2D eigenvalue weighted by molar-refractivity contribution is -0.145. The number of esters is 3. The number of para-hydroxylation sites is 1. The van der Waals surface area contributed by atoms with Crippen molar-refractivity contribution in [3.8, 4) is 23.0 Å². The highest BCUT2D eigenvalue weighted by atomic mass is 32.1. The highest BCUT2D eigenvalue weighted by Gasteiger charge is 2.32. The van der Waals surface area contributed by atoms with Gasteiger partial charge < -0.3 is 23.7 Å². The van der Waals surface area contributed by atoms with Gasteiger partial charge in [0.25, 0.3) is 0 Å². The number of hydrogen-bond acceptors (Lipinski definition) is 12. The molecule has 0 amide bonds. The average Bonchev–Trinajstić information content (AvgIpc) is 3.66. The van der Waals surface area contributed by atoms with Gasteiger partial charge in [0, 0.05) is 18.2 Å². The number of hydrogen-bond donors (Lipinski definition) is 0. The van der Waals surface area contributed by atoms with Crippen LogP contribution in [-0.4, -0.2) is 56.0 Å². The van der Waals surface area contributed by atoms with E-state index in [0.29, 0.717) is 67.5 Å². The van der Waals surface area contributed by atoms with Gasteiger partial charge in [-0.15, -0.1) is 0 Å². The molecule has 1 aliphatic rings. The van der Waals surface area contributed by atoms with Crippen LogP contribution in [0.1, 0.15) is 89.5 Å². The van der Waals surface area contributed by atoms with E-state index in [1.54, 1.807) is 67.1 Å². The third kappa shape index (κ3) is 12.9. The van der Waals surface area contributed by atoms with Gasteiger partial charge >= 0.3 is 17.9 Å². The number of aromatic nitrogens is 1. The lowest BCUT2D eigenvalue weighted by atomic mass is 9.82. The van der Waals surface area contributed by atoms with Crippen LogP contribution in [0.4, 0.5) is 5.13 Å². The normalized spacial score (nSPS) is 15.3. The minimum absolute atomic E-state index is 0.292. The maximum Gasteiger partial charge on any atom is 0.330 e. The fraction of sp³-hybridized carbons (Fsp3) is 0.432. The third-order valence-electron chi connectivity index (χ3n) is 9.64. The Morgan fingerprint density at radius 3 is 2.14 bits per heavy atom. The largest absolute Gasteiger partial charge is 0.496 e. The molecule has 0 bridgehead atoms. The van der Waals surface area contributed by atoms with Crippen molar-refractivity contribution in [3.05, 3.63) is 84.9 Å². The third-order valence-corrected chi connectivity index (χ3v) is 10.7. The minimum atomic E-state index is -0.396. The summed E-state index contributed by atoms with van der Waals surface area (Å²) in [7, 11) is 1.60. The van der Waals surface area contributed by atoms with Crippen molar-refractivity contribution in [2.24, 2.45) is 16.9 Å². The molecule has 1 heterocycles. The molecule has 1 aromatic heterocycles. The van der Waals surface area contributed by atoms with E-state index >= 15 is 0 Å². The number of carbonyl (C=O) groups is 3. The number of ether oxygens (including phenoxy) is 5. The molecule has 0 atom stereocenters. The van der Waals surface area contributed by atoms with E-state index in [4.69, 9.17) is 33.8 Å². The zero-order valence-corrected chi connectivity index (χ0v) is 33.3. The average molecular weight is 784 g/mol. The Labute approximate surface area is 333 Å². The second-order valence-electron chi connectivity index (χ2n) is 13.8. The molecule has 298 valence electrons. The zero-order valence-electron chi connectivity index (χ0n) is 32.5. The molecule has 4 aromatic rings. The topological polar surface area (TPSA) is 126 Å². The lowest BCUT2D eigenvalue weighted by Crippen LogP contribution is -2.30. The van der Waals surface area contributed by atoms with Crippen LogP contribution in [0.2, 0.25) is 0 Å². The van der Waals surface area contributed by atoms with Crippen molar-refractivity contribution < 1.29 is 38.1 Å². The van der Waals surface area contributed by atoms with Gasteiger partial charge in [-0.1, -0.05) is 56.2 Å². The molecule has 5 rings (SSSR count). The number of benzene rings is 3. The number of methoxy groups -OCH3 is 1. The first kappa shape index (κ1) is 41.9. The molecule has 0 radical (unpaired) electrons. The van der Waals surface area contributed by atoms with Crippen molar-refractivity contribution in [2.75, 3.05) is 31.9 Å². The smallest absolute Gasteiger partial charge is 0.330 e. The Balaban J connectivity index is 1.07. The molecule has 12 heteroatoms. The number of anilines is 1. The number of thiazole rings is 1. The van der Waals surface area contributed by atoms with E-state index in [-0.39, 0.29) is 23.8 Å². The fourth-order valence-corrected chi connectivity index (χ4v) is 7.37. The van der Waals surface area contributed by atoms with Crippen molar-refractivity contribution in [1.82, 2.24) is 4.98 Å². The van der Waals surface area contributed by atoms with Crippen LogP contribution in [0.25, 0.3) is 10.2 Å². The first-order valence-corrected chi connectivity index (χ1v) is 20.5. The summed E-state index contributed by atoms with van der Waals surface area (Å²) in [5.41, 5.74) is 1.62. The van der Waals surface area contributed by atoms with Gasteiger partial charge in [-0.05, 0) is 112 Å². The Bertz CT molecular complexity index is 1870. The van der Waals surface area contributed by atoms with Crippen LogP contribution in [0.15, 0.2) is 84.5 Å². The second kappa shape index (κ2) is 22.4. The Kier molecular flexibility index (Phi) is 16.7. The Morgan fingerprint density at radius 1 is 0.821 bits per heavy atom. The predicted molar refractivity (Wildman–Crippen MR) is 220 cm³/mol. The zero-order chi connectivity index (χ0) is 39.5. The van der Waals surface area contributed by atoms with Crippen molar-refractivity contribution in [1.29, 1.82) is 0 Å². The summed E-state index contributed by atoms with van der Waals surface area (Å²) in [6, 6.07) is 20.4. The highest BCUT2D eigenvalue weighted by molar-refractivity contribution is 7.22.